The minimum Gasteiger partial charge on any atom is -0.544 e. The van der Waals surface area contributed by atoms with Gasteiger partial charge in [0.15, 0.2) is 11.5 Å². The Labute approximate surface area is 336 Å². The number of rotatable bonds is 15. The Morgan fingerprint density at radius 1 is 0.564 bits per heavy atom. The second kappa shape index (κ2) is 19.7. The molecule has 0 radical (unpaired) electrons. The van der Waals surface area contributed by atoms with Gasteiger partial charge in [0, 0.05) is 11.1 Å². The number of aryl methyl sites for hydroxylation is 2. The minimum absolute atomic E-state index is 0.169. The molecule has 0 unspecified atom stereocenters. The summed E-state index contributed by atoms with van der Waals surface area (Å²) < 4.78 is 40.9. The van der Waals surface area contributed by atoms with Crippen LogP contribution in [-0.4, -0.2) is 46.7 Å². The second-order valence-corrected chi connectivity index (χ2v) is 20.0. The van der Waals surface area contributed by atoms with Gasteiger partial charge < -0.3 is 32.8 Å². The molecule has 11 heteroatoms. The summed E-state index contributed by atoms with van der Waals surface area (Å²) in [6.45, 7) is 16.1. The zero-order chi connectivity index (χ0) is 40.2. The summed E-state index contributed by atoms with van der Waals surface area (Å²) in [7, 11) is 4.49. The molecule has 9 nitrogen and oxygen atoms in total. The van der Waals surface area contributed by atoms with Crippen molar-refractivity contribution in [3.8, 4) is 40.5 Å². The largest absolute Gasteiger partial charge is 0.544 e. The van der Waals surface area contributed by atoms with E-state index < -0.39 is 8.32 Å². The second-order valence-electron chi connectivity index (χ2n) is 14.5. The number of halogens is 1. The van der Waals surface area contributed by atoms with Crippen molar-refractivity contribution in [2.75, 3.05) is 28.4 Å². The molecule has 0 N–H and O–H groups in total. The molecule has 55 heavy (non-hydrogen) atoms. The van der Waals surface area contributed by atoms with E-state index in [4.69, 9.17) is 37.8 Å². The third-order valence-electron chi connectivity index (χ3n) is 9.66. The van der Waals surface area contributed by atoms with Crippen molar-refractivity contribution in [1.82, 2.24) is 9.97 Å². The SMILES string of the molecule is COc1nc(Br)c(C)c(OCc2ccccc2)c1OC.COc1nc(CCc2ccc(O[Si](C)(C)C(C)(C)C)cc2)c(C)c(OCc2ccccc2)c1OC. The number of pyridine rings is 2. The quantitative estimate of drug-likeness (QED) is 0.0755. The number of methoxy groups -OCH3 is 4. The summed E-state index contributed by atoms with van der Waals surface area (Å²) in [5.41, 5.74) is 6.19. The predicted molar refractivity (Wildman–Crippen MR) is 225 cm³/mol. The van der Waals surface area contributed by atoms with Crippen molar-refractivity contribution in [3.05, 3.63) is 123 Å². The maximum atomic E-state index is 6.42. The fourth-order valence-corrected chi connectivity index (χ4v) is 6.73. The van der Waals surface area contributed by atoms with Gasteiger partial charge in [0.2, 0.25) is 19.8 Å². The summed E-state index contributed by atoms with van der Waals surface area (Å²) >= 11 is 3.40. The average molecular weight is 832 g/mol. The number of nitrogens with zero attached hydrogens (tertiary/aromatic N) is 2. The van der Waals surface area contributed by atoms with Crippen LogP contribution in [0.15, 0.2) is 89.5 Å². The molecule has 2 aromatic heterocycles. The Kier molecular flexibility index (Phi) is 15.4. The lowest BCUT2D eigenvalue weighted by molar-refractivity contribution is 0.269. The van der Waals surface area contributed by atoms with Gasteiger partial charge in [0.25, 0.3) is 11.8 Å². The molecule has 0 aliphatic heterocycles. The molecule has 0 atom stereocenters. The number of ether oxygens (including phenoxy) is 6. The number of benzene rings is 3. The van der Waals surface area contributed by atoms with Gasteiger partial charge >= 0.3 is 0 Å². The lowest BCUT2D eigenvalue weighted by Gasteiger charge is -2.36. The van der Waals surface area contributed by atoms with Crippen molar-refractivity contribution in [2.45, 2.75) is 78.8 Å². The molecule has 5 rings (SSSR count). The van der Waals surface area contributed by atoms with Gasteiger partial charge in [0.05, 0.1) is 34.1 Å². The molecule has 3 aromatic carbocycles. The first-order valence-corrected chi connectivity index (χ1v) is 21.9. The van der Waals surface area contributed by atoms with E-state index >= 15 is 0 Å². The lowest BCUT2D eigenvalue weighted by atomic mass is 10.0. The lowest BCUT2D eigenvalue weighted by Crippen LogP contribution is -2.43. The van der Waals surface area contributed by atoms with Crippen LogP contribution in [0.1, 0.15) is 54.3 Å². The molecule has 294 valence electrons. The predicted octanol–water partition coefficient (Wildman–Crippen LogP) is 10.9. The highest BCUT2D eigenvalue weighted by atomic mass is 79.9. The van der Waals surface area contributed by atoms with E-state index in [1.165, 1.54) is 5.56 Å². The van der Waals surface area contributed by atoms with E-state index in [9.17, 15) is 0 Å². The molecular weight excluding hydrogens is 776 g/mol. The monoisotopic (exact) mass is 830 g/mol. The van der Waals surface area contributed by atoms with Gasteiger partial charge in [-0.3, -0.25) is 0 Å². The maximum Gasteiger partial charge on any atom is 0.261 e. The standard InChI is InChI=1S/C29H39NO4Si.C15H16BrNO3/c1-21-25(19-16-22-14-17-24(18-15-22)34-35(7,8)29(2,3)4)30-28(32-6)27(31-5)26(21)33-20-23-12-10-9-11-13-23;1-10-12(20-9-11-7-5-4-6-8-11)13(18-2)15(19-3)17-14(10)16/h9-15,17-18H,16,19-20H2,1-8H3;4-8H,9H2,1-3H3. The highest BCUT2D eigenvalue weighted by Crippen LogP contribution is 2.42. The van der Waals surface area contributed by atoms with Crippen LogP contribution in [0.25, 0.3) is 0 Å². The molecular formula is C44H55BrN2O7Si. The molecule has 0 amide bonds. The Morgan fingerprint density at radius 2 is 1.04 bits per heavy atom. The summed E-state index contributed by atoms with van der Waals surface area (Å²) in [6, 6.07) is 28.5. The molecule has 5 aromatic rings. The minimum atomic E-state index is -1.85. The molecule has 0 saturated heterocycles. The fraction of sp³-hybridized carbons (Fsp3) is 0.364. The molecule has 2 heterocycles. The molecule has 0 spiro atoms. The van der Waals surface area contributed by atoms with E-state index in [-0.39, 0.29) is 5.04 Å². The van der Waals surface area contributed by atoms with Crippen molar-refractivity contribution in [1.29, 1.82) is 0 Å². The summed E-state index contributed by atoms with van der Waals surface area (Å²) in [5.74, 6) is 4.12. The topological polar surface area (TPSA) is 90.4 Å². The Morgan fingerprint density at radius 3 is 1.49 bits per heavy atom. The van der Waals surface area contributed by atoms with Crippen LogP contribution in [0.4, 0.5) is 0 Å². The Balaban J connectivity index is 0.000000284. The van der Waals surface area contributed by atoms with E-state index in [2.05, 4.69) is 79.0 Å². The number of hydrogen-bond acceptors (Lipinski definition) is 9. The van der Waals surface area contributed by atoms with Gasteiger partial charge in [0.1, 0.15) is 23.6 Å². The van der Waals surface area contributed by atoms with Gasteiger partial charge in [-0.15, -0.1) is 0 Å². The van der Waals surface area contributed by atoms with Crippen LogP contribution in [0.2, 0.25) is 18.1 Å². The summed E-state index contributed by atoms with van der Waals surface area (Å²) in [6.07, 6.45) is 1.61. The first-order valence-electron chi connectivity index (χ1n) is 18.2. The smallest absolute Gasteiger partial charge is 0.261 e. The highest BCUT2D eigenvalue weighted by molar-refractivity contribution is 9.10. The maximum absolute atomic E-state index is 6.42. The van der Waals surface area contributed by atoms with Crippen LogP contribution in [0.5, 0.6) is 40.5 Å². The van der Waals surface area contributed by atoms with Crippen LogP contribution in [0.3, 0.4) is 0 Å². The van der Waals surface area contributed by atoms with E-state index in [0.29, 0.717) is 52.6 Å². The summed E-state index contributed by atoms with van der Waals surface area (Å²) in [5, 5.41) is 0.169. The van der Waals surface area contributed by atoms with Crippen LogP contribution < -0.4 is 32.8 Å². The first-order chi connectivity index (χ1) is 26.2. The van der Waals surface area contributed by atoms with Crippen LogP contribution in [-0.2, 0) is 26.1 Å². The number of hydrogen-bond donors (Lipinski definition) is 0. The van der Waals surface area contributed by atoms with Crippen LogP contribution in [0, 0.1) is 13.8 Å². The van der Waals surface area contributed by atoms with Crippen LogP contribution >= 0.6 is 15.9 Å². The van der Waals surface area contributed by atoms with Crippen molar-refractivity contribution < 1.29 is 32.8 Å². The Bertz CT molecular complexity index is 1970. The zero-order valence-electron chi connectivity index (χ0n) is 34.0. The van der Waals surface area contributed by atoms with Gasteiger partial charge in [-0.1, -0.05) is 93.6 Å². The van der Waals surface area contributed by atoms with Crippen molar-refractivity contribution in [2.24, 2.45) is 0 Å². The number of aromatic nitrogens is 2. The third-order valence-corrected chi connectivity index (χ3v) is 14.8. The van der Waals surface area contributed by atoms with Crippen molar-refractivity contribution in [3.63, 3.8) is 0 Å². The molecule has 0 aliphatic carbocycles. The molecule has 0 saturated carbocycles. The van der Waals surface area contributed by atoms with Gasteiger partial charge in [-0.25, -0.2) is 9.97 Å². The Hall–Kier alpha value is -4.74. The first kappa shape index (κ1) is 43.0. The highest BCUT2D eigenvalue weighted by Gasteiger charge is 2.39. The van der Waals surface area contributed by atoms with E-state index in [1.807, 2.05) is 74.5 Å². The van der Waals surface area contributed by atoms with Gasteiger partial charge in [-0.05, 0) is 89.6 Å². The van der Waals surface area contributed by atoms with E-state index in [0.717, 1.165) is 46.5 Å². The molecule has 0 fully saturated rings. The fourth-order valence-electron chi connectivity index (χ4n) is 5.36. The normalized spacial score (nSPS) is 11.2. The van der Waals surface area contributed by atoms with E-state index in [1.54, 1.807) is 28.4 Å². The third kappa shape index (κ3) is 11.4. The average Bonchev–Trinajstić information content (AvgIpc) is 3.18. The molecule has 0 bridgehead atoms. The van der Waals surface area contributed by atoms with Crippen molar-refractivity contribution >= 4 is 24.2 Å². The molecule has 0 aliphatic rings. The zero-order valence-corrected chi connectivity index (χ0v) is 36.6. The van der Waals surface area contributed by atoms with Gasteiger partial charge in [-0.2, -0.15) is 0 Å². The summed E-state index contributed by atoms with van der Waals surface area (Å²) in [4.78, 5) is 9.01.